The largest absolute Gasteiger partial charge is 0.482 e. The van der Waals surface area contributed by atoms with E-state index in [1.165, 1.54) is 36.0 Å². The van der Waals surface area contributed by atoms with Crippen LogP contribution in [0, 0.1) is 19.7 Å². The molecule has 1 aromatic heterocycles. The number of nitrogens with zero attached hydrogens (tertiary/aromatic N) is 3. The normalized spacial score (nSPS) is 11.9. The minimum absolute atomic E-state index is 0.162. The van der Waals surface area contributed by atoms with Crippen LogP contribution in [0.5, 0.6) is 5.75 Å². The molecule has 3 rings (SSSR count). The fourth-order valence-corrected chi connectivity index (χ4v) is 3.48. The highest BCUT2D eigenvalue weighted by molar-refractivity contribution is 7.99. The maximum atomic E-state index is 12.9. The summed E-state index contributed by atoms with van der Waals surface area (Å²) in [5, 5.41) is 11.7. The Morgan fingerprint density at radius 2 is 1.93 bits per heavy atom. The first-order valence-electron chi connectivity index (χ1n) is 9.15. The monoisotopic (exact) mass is 414 g/mol. The third-order valence-electron chi connectivity index (χ3n) is 4.55. The number of rotatable bonds is 7. The van der Waals surface area contributed by atoms with Crippen LogP contribution >= 0.6 is 11.8 Å². The van der Waals surface area contributed by atoms with Gasteiger partial charge in [0.15, 0.2) is 17.1 Å². The van der Waals surface area contributed by atoms with Gasteiger partial charge in [-0.25, -0.2) is 4.39 Å². The number of hydrogen-bond acceptors (Lipinski definition) is 5. The molecule has 0 spiro atoms. The molecule has 2 aromatic carbocycles. The summed E-state index contributed by atoms with van der Waals surface area (Å²) in [4.78, 5) is 12.1. The van der Waals surface area contributed by atoms with Crippen molar-refractivity contribution in [3.63, 3.8) is 0 Å². The van der Waals surface area contributed by atoms with E-state index in [2.05, 4.69) is 15.5 Å². The highest BCUT2D eigenvalue weighted by Crippen LogP contribution is 2.27. The number of hydrogen-bond donors (Lipinski definition) is 1. The van der Waals surface area contributed by atoms with E-state index in [0.29, 0.717) is 16.7 Å². The minimum Gasteiger partial charge on any atom is -0.482 e. The predicted molar refractivity (Wildman–Crippen MR) is 112 cm³/mol. The lowest BCUT2D eigenvalue weighted by Gasteiger charge is -2.16. The van der Waals surface area contributed by atoms with E-state index in [0.717, 1.165) is 16.9 Å². The van der Waals surface area contributed by atoms with Gasteiger partial charge >= 0.3 is 0 Å². The first-order chi connectivity index (χ1) is 13.8. The van der Waals surface area contributed by atoms with Crippen LogP contribution in [0.3, 0.4) is 0 Å². The Morgan fingerprint density at radius 3 is 2.66 bits per heavy atom. The number of aromatic nitrogens is 3. The van der Waals surface area contributed by atoms with E-state index in [1.54, 1.807) is 0 Å². The Kier molecular flexibility index (Phi) is 6.53. The number of carbonyl (C=O) groups is 1. The Bertz CT molecular complexity index is 1000. The van der Waals surface area contributed by atoms with E-state index in [-0.39, 0.29) is 23.6 Å². The molecule has 6 nitrogen and oxygen atoms in total. The summed E-state index contributed by atoms with van der Waals surface area (Å²) in [7, 11) is 1.85. The maximum absolute atomic E-state index is 12.9. The molecule has 3 aromatic rings. The van der Waals surface area contributed by atoms with Crippen LogP contribution in [0.2, 0.25) is 0 Å². The van der Waals surface area contributed by atoms with Crippen LogP contribution in [0.4, 0.5) is 10.1 Å². The molecule has 0 saturated heterocycles. The Labute approximate surface area is 173 Å². The Balaban J connectivity index is 1.60. The molecule has 0 aliphatic carbocycles. The number of aryl methyl sites for hydroxylation is 1. The summed E-state index contributed by atoms with van der Waals surface area (Å²) in [6.45, 7) is 5.98. The molecule has 29 heavy (non-hydrogen) atoms. The van der Waals surface area contributed by atoms with Gasteiger partial charge in [0, 0.05) is 12.7 Å². The summed E-state index contributed by atoms with van der Waals surface area (Å²) in [5.74, 6) is 1.10. The summed E-state index contributed by atoms with van der Waals surface area (Å²) in [6.07, 6.45) is -0.296. The second-order valence-electron chi connectivity index (χ2n) is 6.70. The van der Waals surface area contributed by atoms with Crippen molar-refractivity contribution in [1.82, 2.24) is 14.8 Å². The number of ether oxygens (including phenoxy) is 1. The standard InChI is InChI=1S/C21H23FN4O2S/c1-13-6-5-7-18(14(13)2)28-15(3)20-24-25-21(26(20)4)29-12-19(27)23-17-10-8-16(22)9-11-17/h5-11,15H,12H2,1-4H3,(H,23,27). The zero-order chi connectivity index (χ0) is 21.0. The predicted octanol–water partition coefficient (Wildman–Crippen LogP) is 4.44. The first-order valence-corrected chi connectivity index (χ1v) is 10.1. The highest BCUT2D eigenvalue weighted by Gasteiger charge is 2.19. The SMILES string of the molecule is Cc1cccc(OC(C)c2nnc(SCC(=O)Nc3ccc(F)cc3)n2C)c1C. The van der Waals surface area contributed by atoms with E-state index >= 15 is 0 Å². The zero-order valence-corrected chi connectivity index (χ0v) is 17.6. The smallest absolute Gasteiger partial charge is 0.234 e. The molecular weight excluding hydrogens is 391 g/mol. The minimum atomic E-state index is -0.346. The second kappa shape index (κ2) is 9.09. The summed E-state index contributed by atoms with van der Waals surface area (Å²) in [6, 6.07) is 11.6. The van der Waals surface area contributed by atoms with Crippen LogP contribution in [0.15, 0.2) is 47.6 Å². The van der Waals surface area contributed by atoms with Gasteiger partial charge in [-0.2, -0.15) is 0 Å². The van der Waals surface area contributed by atoms with Crippen molar-refractivity contribution in [2.75, 3.05) is 11.1 Å². The fourth-order valence-electron chi connectivity index (χ4n) is 2.76. The number of anilines is 1. The lowest BCUT2D eigenvalue weighted by molar-refractivity contribution is -0.113. The third kappa shape index (κ3) is 5.14. The van der Waals surface area contributed by atoms with Crippen molar-refractivity contribution in [2.24, 2.45) is 7.05 Å². The summed E-state index contributed by atoms with van der Waals surface area (Å²) < 4.78 is 20.8. The van der Waals surface area contributed by atoms with Crippen LogP contribution in [-0.2, 0) is 11.8 Å². The van der Waals surface area contributed by atoms with Crippen molar-refractivity contribution in [3.8, 4) is 5.75 Å². The molecule has 1 unspecified atom stereocenters. The van der Waals surface area contributed by atoms with E-state index in [9.17, 15) is 9.18 Å². The van der Waals surface area contributed by atoms with E-state index in [4.69, 9.17) is 4.74 Å². The molecule has 1 heterocycles. The van der Waals surface area contributed by atoms with E-state index in [1.807, 2.05) is 50.6 Å². The molecular formula is C21H23FN4O2S. The van der Waals surface area contributed by atoms with Crippen molar-refractivity contribution < 1.29 is 13.9 Å². The molecule has 0 radical (unpaired) electrons. The molecule has 1 atom stereocenters. The average molecular weight is 415 g/mol. The molecule has 1 amide bonds. The van der Waals surface area contributed by atoms with Gasteiger partial charge in [0.05, 0.1) is 5.75 Å². The summed E-state index contributed by atoms with van der Waals surface area (Å²) in [5.41, 5.74) is 2.80. The first kappa shape index (κ1) is 20.9. The van der Waals surface area contributed by atoms with Crippen LogP contribution in [0.25, 0.3) is 0 Å². The fraction of sp³-hybridized carbons (Fsp3) is 0.286. The number of carbonyl (C=O) groups excluding carboxylic acids is 1. The molecule has 0 bridgehead atoms. The van der Waals surface area contributed by atoms with E-state index < -0.39 is 0 Å². The molecule has 0 aliphatic rings. The summed E-state index contributed by atoms with van der Waals surface area (Å²) >= 11 is 1.28. The van der Waals surface area contributed by atoms with Crippen molar-refractivity contribution in [2.45, 2.75) is 32.0 Å². The highest BCUT2D eigenvalue weighted by atomic mass is 32.2. The zero-order valence-electron chi connectivity index (χ0n) is 16.8. The lowest BCUT2D eigenvalue weighted by atomic mass is 10.1. The van der Waals surface area contributed by atoms with Gasteiger partial charge < -0.3 is 14.6 Å². The molecule has 0 saturated carbocycles. The Morgan fingerprint density at radius 1 is 1.21 bits per heavy atom. The van der Waals surface area contributed by atoms with Crippen LogP contribution in [-0.4, -0.2) is 26.4 Å². The number of amides is 1. The number of thioether (sulfide) groups is 1. The second-order valence-corrected chi connectivity index (χ2v) is 7.64. The van der Waals surface area contributed by atoms with Crippen molar-refractivity contribution in [1.29, 1.82) is 0 Å². The van der Waals surface area contributed by atoms with Crippen LogP contribution in [0.1, 0.15) is 30.0 Å². The van der Waals surface area contributed by atoms with Gasteiger partial charge in [0.1, 0.15) is 11.6 Å². The van der Waals surface area contributed by atoms with Gasteiger partial charge in [0.25, 0.3) is 0 Å². The molecule has 0 fully saturated rings. The van der Waals surface area contributed by atoms with Gasteiger partial charge in [-0.1, -0.05) is 23.9 Å². The number of benzene rings is 2. The molecule has 152 valence electrons. The topological polar surface area (TPSA) is 69.0 Å². The number of halogens is 1. The van der Waals surface area contributed by atoms with Crippen LogP contribution < -0.4 is 10.1 Å². The van der Waals surface area contributed by atoms with Gasteiger partial charge in [0.2, 0.25) is 5.91 Å². The molecule has 8 heteroatoms. The lowest BCUT2D eigenvalue weighted by Crippen LogP contribution is -2.15. The molecule has 1 N–H and O–H groups in total. The third-order valence-corrected chi connectivity index (χ3v) is 5.57. The maximum Gasteiger partial charge on any atom is 0.234 e. The van der Waals surface area contributed by atoms with Gasteiger partial charge in [-0.05, 0) is 62.2 Å². The quantitative estimate of drug-likeness (QED) is 0.579. The number of nitrogens with one attached hydrogen (secondary N) is 1. The van der Waals surface area contributed by atoms with Gasteiger partial charge in [-0.3, -0.25) is 4.79 Å². The van der Waals surface area contributed by atoms with Crippen molar-refractivity contribution in [3.05, 3.63) is 65.2 Å². The Hall–Kier alpha value is -2.87. The van der Waals surface area contributed by atoms with Gasteiger partial charge in [-0.15, -0.1) is 10.2 Å². The van der Waals surface area contributed by atoms with Crippen molar-refractivity contribution >= 4 is 23.4 Å². The molecule has 0 aliphatic heterocycles. The average Bonchev–Trinajstić information content (AvgIpc) is 3.06.